The SMILES string of the molecule is CC(C)(C)/[N+]([O-])=C/c1c(C(=O)O)cccc1C(=O)O. The van der Waals surface area contributed by atoms with Crippen LogP contribution in [0.3, 0.4) is 0 Å². The highest BCUT2D eigenvalue weighted by molar-refractivity contribution is 6.05. The van der Waals surface area contributed by atoms with Crippen LogP contribution < -0.4 is 0 Å². The first-order valence-electron chi connectivity index (χ1n) is 5.55. The van der Waals surface area contributed by atoms with E-state index in [-0.39, 0.29) is 16.7 Å². The number of carboxylic acids is 2. The van der Waals surface area contributed by atoms with Crippen molar-refractivity contribution in [3.8, 4) is 0 Å². The molecule has 0 fully saturated rings. The van der Waals surface area contributed by atoms with E-state index in [0.29, 0.717) is 4.74 Å². The van der Waals surface area contributed by atoms with Crippen molar-refractivity contribution in [3.05, 3.63) is 40.1 Å². The summed E-state index contributed by atoms with van der Waals surface area (Å²) < 4.78 is 0.543. The average molecular weight is 265 g/mol. The summed E-state index contributed by atoms with van der Waals surface area (Å²) in [6.07, 6.45) is 1.01. The van der Waals surface area contributed by atoms with Crippen molar-refractivity contribution >= 4 is 18.2 Å². The Morgan fingerprint density at radius 2 is 1.58 bits per heavy atom. The maximum Gasteiger partial charge on any atom is 0.336 e. The highest BCUT2D eigenvalue weighted by Gasteiger charge is 2.23. The van der Waals surface area contributed by atoms with Crippen LogP contribution in [0.4, 0.5) is 0 Å². The molecular formula is C13H15NO5. The Bertz CT molecular complexity index is 522. The van der Waals surface area contributed by atoms with Crippen LogP contribution in [0.1, 0.15) is 47.1 Å². The van der Waals surface area contributed by atoms with E-state index >= 15 is 0 Å². The summed E-state index contributed by atoms with van der Waals surface area (Å²) >= 11 is 0. The number of hydroxylamine groups is 1. The van der Waals surface area contributed by atoms with Gasteiger partial charge >= 0.3 is 11.9 Å². The average Bonchev–Trinajstić information content (AvgIpc) is 2.27. The first kappa shape index (κ1) is 14.7. The summed E-state index contributed by atoms with van der Waals surface area (Å²) in [6.45, 7) is 4.92. The Kier molecular flexibility index (Phi) is 3.94. The van der Waals surface area contributed by atoms with E-state index in [1.807, 2.05) is 0 Å². The highest BCUT2D eigenvalue weighted by Crippen LogP contribution is 2.15. The lowest BCUT2D eigenvalue weighted by molar-refractivity contribution is -0.530. The molecule has 6 nitrogen and oxygen atoms in total. The van der Waals surface area contributed by atoms with Crippen molar-refractivity contribution in [1.82, 2.24) is 0 Å². The Morgan fingerprint density at radius 1 is 1.16 bits per heavy atom. The fraction of sp³-hybridized carbons (Fsp3) is 0.308. The number of nitrogens with zero attached hydrogens (tertiary/aromatic N) is 1. The third-order valence-electron chi connectivity index (χ3n) is 2.47. The number of hydrogen-bond acceptors (Lipinski definition) is 3. The van der Waals surface area contributed by atoms with Crippen molar-refractivity contribution in [2.45, 2.75) is 26.3 Å². The summed E-state index contributed by atoms with van der Waals surface area (Å²) in [5.74, 6) is -2.56. The molecule has 0 bridgehead atoms. The van der Waals surface area contributed by atoms with Gasteiger partial charge in [0.05, 0.1) is 16.7 Å². The van der Waals surface area contributed by atoms with E-state index in [1.54, 1.807) is 20.8 Å². The molecule has 0 aromatic heterocycles. The van der Waals surface area contributed by atoms with E-state index in [1.165, 1.54) is 18.2 Å². The lowest BCUT2D eigenvalue weighted by Crippen LogP contribution is -2.30. The summed E-state index contributed by atoms with van der Waals surface area (Å²) in [7, 11) is 0. The lowest BCUT2D eigenvalue weighted by atomic mass is 10.0. The summed E-state index contributed by atoms with van der Waals surface area (Å²) in [6, 6.07) is 3.85. The summed E-state index contributed by atoms with van der Waals surface area (Å²) in [5.41, 5.74) is -1.33. The molecule has 19 heavy (non-hydrogen) atoms. The van der Waals surface area contributed by atoms with Gasteiger partial charge in [-0.3, -0.25) is 0 Å². The zero-order valence-electron chi connectivity index (χ0n) is 10.9. The van der Waals surface area contributed by atoms with Crippen LogP contribution in [-0.4, -0.2) is 38.6 Å². The van der Waals surface area contributed by atoms with E-state index in [4.69, 9.17) is 10.2 Å². The van der Waals surface area contributed by atoms with Crippen molar-refractivity contribution < 1.29 is 24.5 Å². The third-order valence-corrected chi connectivity index (χ3v) is 2.47. The second kappa shape index (κ2) is 5.09. The lowest BCUT2D eigenvalue weighted by Gasteiger charge is -2.19. The first-order valence-corrected chi connectivity index (χ1v) is 5.55. The monoisotopic (exact) mass is 265 g/mol. The molecule has 0 atom stereocenters. The van der Waals surface area contributed by atoms with Crippen molar-refractivity contribution in [2.75, 3.05) is 0 Å². The maximum absolute atomic E-state index is 11.9. The molecule has 0 unspecified atom stereocenters. The minimum absolute atomic E-state index is 0.104. The molecule has 0 aliphatic carbocycles. The molecule has 1 aromatic rings. The topological polar surface area (TPSA) is 101 Å². The number of carboxylic acid groups (broad SMARTS) is 2. The van der Waals surface area contributed by atoms with Gasteiger partial charge in [-0.05, 0) is 12.1 Å². The maximum atomic E-state index is 11.9. The van der Waals surface area contributed by atoms with Gasteiger partial charge in [-0.1, -0.05) is 6.07 Å². The zero-order valence-corrected chi connectivity index (χ0v) is 10.9. The molecule has 0 saturated carbocycles. The van der Waals surface area contributed by atoms with Crippen LogP contribution in [0, 0.1) is 5.21 Å². The molecule has 0 aliphatic heterocycles. The molecule has 0 saturated heterocycles. The summed E-state index contributed by atoms with van der Waals surface area (Å²) in [5, 5.41) is 30.0. The smallest absolute Gasteiger partial charge is 0.336 e. The van der Waals surface area contributed by atoms with Crippen LogP contribution in [0.25, 0.3) is 0 Å². The minimum atomic E-state index is -1.28. The van der Waals surface area contributed by atoms with Crippen LogP contribution in [0.15, 0.2) is 18.2 Å². The van der Waals surface area contributed by atoms with Crippen LogP contribution in [0.2, 0.25) is 0 Å². The quantitative estimate of drug-likeness (QED) is 0.375. The molecule has 2 N–H and O–H groups in total. The number of rotatable bonds is 3. The van der Waals surface area contributed by atoms with Crippen molar-refractivity contribution in [3.63, 3.8) is 0 Å². The zero-order chi connectivity index (χ0) is 14.8. The largest absolute Gasteiger partial charge is 0.623 e. The van der Waals surface area contributed by atoms with E-state index in [0.717, 1.165) is 6.21 Å². The molecular weight excluding hydrogens is 250 g/mol. The second-order valence-electron chi connectivity index (χ2n) is 5.00. The van der Waals surface area contributed by atoms with Gasteiger partial charge in [0.1, 0.15) is 0 Å². The summed E-state index contributed by atoms with van der Waals surface area (Å²) in [4.78, 5) is 22.2. The highest BCUT2D eigenvalue weighted by atomic mass is 16.5. The van der Waals surface area contributed by atoms with E-state index < -0.39 is 17.5 Å². The molecule has 1 aromatic carbocycles. The second-order valence-corrected chi connectivity index (χ2v) is 5.00. The van der Waals surface area contributed by atoms with E-state index in [2.05, 4.69) is 0 Å². The van der Waals surface area contributed by atoms with Crippen LogP contribution >= 0.6 is 0 Å². The molecule has 0 heterocycles. The Hall–Kier alpha value is -2.37. The van der Waals surface area contributed by atoms with Gasteiger partial charge in [0.2, 0.25) is 0 Å². The van der Waals surface area contributed by atoms with Crippen LogP contribution in [0.5, 0.6) is 0 Å². The Labute approximate surface area is 110 Å². The van der Waals surface area contributed by atoms with Gasteiger partial charge in [-0.2, -0.15) is 0 Å². The number of hydrogen-bond donors (Lipinski definition) is 2. The molecule has 0 spiro atoms. The third kappa shape index (κ3) is 3.31. The minimum Gasteiger partial charge on any atom is -0.623 e. The van der Waals surface area contributed by atoms with Gasteiger partial charge in [-0.15, -0.1) is 0 Å². The Balaban J connectivity index is 3.55. The van der Waals surface area contributed by atoms with Crippen LogP contribution in [-0.2, 0) is 0 Å². The fourth-order valence-corrected chi connectivity index (χ4v) is 1.39. The molecule has 0 amide bonds. The fourth-order valence-electron chi connectivity index (χ4n) is 1.39. The van der Waals surface area contributed by atoms with Gasteiger partial charge in [0.25, 0.3) is 0 Å². The first-order chi connectivity index (χ1) is 8.64. The molecule has 6 heteroatoms. The number of benzene rings is 1. The van der Waals surface area contributed by atoms with Gasteiger partial charge < -0.3 is 15.4 Å². The molecule has 0 aliphatic rings. The molecule has 1 rings (SSSR count). The van der Waals surface area contributed by atoms with Gasteiger partial charge in [-0.25, -0.2) is 14.3 Å². The van der Waals surface area contributed by atoms with E-state index in [9.17, 15) is 14.8 Å². The molecule has 102 valence electrons. The normalized spacial score (nSPS) is 12.3. The predicted octanol–water partition coefficient (Wildman–Crippen LogP) is 1.81. The standard InChI is InChI=1S/C13H15NO5/c1-13(2,3)14(19)7-10-8(11(15)16)5-4-6-9(10)12(17)18/h4-7H,1-3H3,(H,15,16)(H,17,18)/b14-7-. The number of carbonyl (C=O) groups is 2. The molecule has 0 radical (unpaired) electrons. The van der Waals surface area contributed by atoms with Crippen molar-refractivity contribution in [2.24, 2.45) is 0 Å². The Morgan fingerprint density at radius 3 is 1.89 bits per heavy atom. The predicted molar refractivity (Wildman–Crippen MR) is 68.9 cm³/mol. The van der Waals surface area contributed by atoms with Crippen molar-refractivity contribution in [1.29, 1.82) is 0 Å². The van der Waals surface area contributed by atoms with Gasteiger partial charge in [0, 0.05) is 20.8 Å². The number of aromatic carboxylic acids is 2. The van der Waals surface area contributed by atoms with Gasteiger partial charge in [0.15, 0.2) is 11.8 Å².